The van der Waals surface area contributed by atoms with Gasteiger partial charge in [-0.05, 0) is 37.1 Å². The average molecular weight is 256 g/mol. The van der Waals surface area contributed by atoms with Crippen molar-refractivity contribution in [1.82, 2.24) is 9.88 Å². The van der Waals surface area contributed by atoms with Crippen LogP contribution in [0.5, 0.6) is 0 Å². The third kappa shape index (κ3) is 3.11. The average Bonchev–Trinajstić information content (AvgIpc) is 2.49. The largest absolute Gasteiger partial charge is 0.379 e. The maximum atomic E-state index is 5.37. The number of aryl methyl sites for hydroxylation is 1. The summed E-state index contributed by atoms with van der Waals surface area (Å²) < 4.78 is 5.37. The third-order valence-electron chi connectivity index (χ3n) is 3.76. The number of ether oxygens (including phenoxy) is 1. The van der Waals surface area contributed by atoms with E-state index in [9.17, 15) is 0 Å². The molecule has 0 radical (unpaired) electrons. The number of aromatic nitrogens is 1. The zero-order valence-corrected chi connectivity index (χ0v) is 11.2. The van der Waals surface area contributed by atoms with Crippen LogP contribution in [0.4, 0.5) is 0 Å². The van der Waals surface area contributed by atoms with Gasteiger partial charge < -0.3 is 4.74 Å². The fraction of sp³-hybridized carbons (Fsp3) is 0.438. The van der Waals surface area contributed by atoms with Gasteiger partial charge in [-0.3, -0.25) is 9.88 Å². The molecule has 1 aliphatic rings. The Bertz CT molecular complexity index is 530. The second-order valence-electron chi connectivity index (χ2n) is 5.04. The van der Waals surface area contributed by atoms with Crippen LogP contribution >= 0.6 is 0 Å². The standard InChI is InChI=1S/C16H20N2O/c1-2-6-16-15(5-1)14(7-8-17-16)4-3-9-18-10-12-19-13-11-18/h1-2,5-8H,3-4,9-13H2. The number of nitrogens with zero attached hydrogens (tertiary/aromatic N) is 2. The Morgan fingerprint density at radius 2 is 1.95 bits per heavy atom. The van der Waals surface area contributed by atoms with Gasteiger partial charge >= 0.3 is 0 Å². The zero-order chi connectivity index (χ0) is 12.9. The smallest absolute Gasteiger partial charge is 0.0704 e. The normalized spacial score (nSPS) is 16.8. The van der Waals surface area contributed by atoms with Crippen LogP contribution in [0.2, 0.25) is 0 Å². The molecule has 0 saturated carbocycles. The first-order valence-corrected chi connectivity index (χ1v) is 7.06. The molecule has 1 aliphatic heterocycles. The molecule has 1 aromatic carbocycles. The predicted molar refractivity (Wildman–Crippen MR) is 77.3 cm³/mol. The SMILES string of the molecule is c1ccc2c(CCCN3CCOCC3)ccnc2c1. The van der Waals surface area contributed by atoms with Crippen molar-refractivity contribution in [2.75, 3.05) is 32.8 Å². The van der Waals surface area contributed by atoms with Crippen LogP contribution in [0, 0.1) is 0 Å². The molecule has 0 unspecified atom stereocenters. The molecule has 19 heavy (non-hydrogen) atoms. The summed E-state index contributed by atoms with van der Waals surface area (Å²) in [6.45, 7) is 5.10. The van der Waals surface area contributed by atoms with Gasteiger partial charge in [-0.1, -0.05) is 18.2 Å². The molecule has 0 N–H and O–H groups in total. The first kappa shape index (κ1) is 12.6. The van der Waals surface area contributed by atoms with E-state index in [1.807, 2.05) is 12.3 Å². The van der Waals surface area contributed by atoms with Crippen LogP contribution in [0.15, 0.2) is 36.5 Å². The van der Waals surface area contributed by atoms with Crippen molar-refractivity contribution < 1.29 is 4.74 Å². The third-order valence-corrected chi connectivity index (χ3v) is 3.76. The highest BCUT2D eigenvalue weighted by Crippen LogP contribution is 2.17. The number of hydrogen-bond donors (Lipinski definition) is 0. The summed E-state index contributed by atoms with van der Waals surface area (Å²) in [4.78, 5) is 6.91. The Balaban J connectivity index is 1.62. The Labute approximate surface area is 114 Å². The molecule has 1 saturated heterocycles. The van der Waals surface area contributed by atoms with Gasteiger partial charge in [0.05, 0.1) is 18.7 Å². The van der Waals surface area contributed by atoms with E-state index >= 15 is 0 Å². The zero-order valence-electron chi connectivity index (χ0n) is 11.2. The van der Waals surface area contributed by atoms with E-state index in [2.05, 4.69) is 34.1 Å². The lowest BCUT2D eigenvalue weighted by Gasteiger charge is -2.26. The van der Waals surface area contributed by atoms with Crippen molar-refractivity contribution in [2.45, 2.75) is 12.8 Å². The van der Waals surface area contributed by atoms with E-state index in [0.29, 0.717) is 0 Å². The van der Waals surface area contributed by atoms with Gasteiger partial charge in [-0.2, -0.15) is 0 Å². The number of benzene rings is 1. The lowest BCUT2D eigenvalue weighted by molar-refractivity contribution is 0.0375. The Kier molecular flexibility index (Phi) is 4.06. The molecule has 100 valence electrons. The first-order valence-electron chi connectivity index (χ1n) is 7.06. The molecule has 1 fully saturated rings. The topological polar surface area (TPSA) is 25.4 Å². The van der Waals surface area contributed by atoms with Gasteiger partial charge in [0.15, 0.2) is 0 Å². The van der Waals surface area contributed by atoms with Crippen LogP contribution in [-0.4, -0.2) is 42.7 Å². The summed E-state index contributed by atoms with van der Waals surface area (Å²) in [5, 5.41) is 1.30. The fourth-order valence-electron chi connectivity index (χ4n) is 2.69. The molecule has 3 rings (SSSR count). The van der Waals surface area contributed by atoms with E-state index in [0.717, 1.165) is 38.2 Å². The second kappa shape index (κ2) is 6.13. The highest BCUT2D eigenvalue weighted by Gasteiger charge is 2.09. The summed E-state index contributed by atoms with van der Waals surface area (Å²) in [5.41, 5.74) is 2.52. The molecule has 3 nitrogen and oxygen atoms in total. The number of para-hydroxylation sites is 1. The van der Waals surface area contributed by atoms with Crippen LogP contribution < -0.4 is 0 Å². The lowest BCUT2D eigenvalue weighted by atomic mass is 10.0. The van der Waals surface area contributed by atoms with Crippen molar-refractivity contribution in [3.63, 3.8) is 0 Å². The number of pyridine rings is 1. The molecular formula is C16H20N2O. The number of morpholine rings is 1. The highest BCUT2D eigenvalue weighted by atomic mass is 16.5. The van der Waals surface area contributed by atoms with Crippen molar-refractivity contribution in [2.24, 2.45) is 0 Å². The molecule has 0 bridgehead atoms. The van der Waals surface area contributed by atoms with E-state index < -0.39 is 0 Å². The quantitative estimate of drug-likeness (QED) is 0.840. The van der Waals surface area contributed by atoms with Gasteiger partial charge in [0.2, 0.25) is 0 Å². The van der Waals surface area contributed by atoms with Gasteiger partial charge in [0.1, 0.15) is 0 Å². The minimum Gasteiger partial charge on any atom is -0.379 e. The molecule has 1 aromatic heterocycles. The lowest BCUT2D eigenvalue weighted by Crippen LogP contribution is -2.36. The van der Waals surface area contributed by atoms with Gasteiger partial charge in [0, 0.05) is 24.7 Å². The summed E-state index contributed by atoms with van der Waals surface area (Å²) >= 11 is 0. The summed E-state index contributed by atoms with van der Waals surface area (Å²) in [6.07, 6.45) is 4.25. The van der Waals surface area contributed by atoms with Gasteiger partial charge in [-0.25, -0.2) is 0 Å². The van der Waals surface area contributed by atoms with Crippen molar-refractivity contribution >= 4 is 10.9 Å². The van der Waals surface area contributed by atoms with Crippen LogP contribution in [-0.2, 0) is 11.2 Å². The van der Waals surface area contributed by atoms with E-state index in [4.69, 9.17) is 4.74 Å². The molecule has 0 amide bonds. The number of rotatable bonds is 4. The minimum absolute atomic E-state index is 0.887. The minimum atomic E-state index is 0.887. The predicted octanol–water partition coefficient (Wildman–Crippen LogP) is 2.50. The van der Waals surface area contributed by atoms with Gasteiger partial charge in [-0.15, -0.1) is 0 Å². The fourth-order valence-corrected chi connectivity index (χ4v) is 2.69. The van der Waals surface area contributed by atoms with Gasteiger partial charge in [0.25, 0.3) is 0 Å². The first-order chi connectivity index (χ1) is 9.43. The molecule has 0 aliphatic carbocycles. The van der Waals surface area contributed by atoms with Crippen molar-refractivity contribution in [3.05, 3.63) is 42.1 Å². The summed E-state index contributed by atoms with van der Waals surface area (Å²) in [5.74, 6) is 0. The number of fused-ring (bicyclic) bond motifs is 1. The van der Waals surface area contributed by atoms with Crippen molar-refractivity contribution in [1.29, 1.82) is 0 Å². The molecule has 0 spiro atoms. The molecule has 2 aromatic rings. The summed E-state index contributed by atoms with van der Waals surface area (Å²) in [7, 11) is 0. The van der Waals surface area contributed by atoms with Crippen LogP contribution in [0.3, 0.4) is 0 Å². The van der Waals surface area contributed by atoms with E-state index in [-0.39, 0.29) is 0 Å². The highest BCUT2D eigenvalue weighted by molar-refractivity contribution is 5.81. The Morgan fingerprint density at radius 3 is 2.84 bits per heavy atom. The Hall–Kier alpha value is -1.45. The van der Waals surface area contributed by atoms with Crippen LogP contribution in [0.25, 0.3) is 10.9 Å². The maximum Gasteiger partial charge on any atom is 0.0704 e. The number of hydrogen-bond acceptors (Lipinski definition) is 3. The summed E-state index contributed by atoms with van der Waals surface area (Å²) in [6, 6.07) is 10.6. The maximum absolute atomic E-state index is 5.37. The van der Waals surface area contributed by atoms with Crippen LogP contribution in [0.1, 0.15) is 12.0 Å². The van der Waals surface area contributed by atoms with E-state index in [1.165, 1.54) is 23.9 Å². The van der Waals surface area contributed by atoms with Crippen molar-refractivity contribution in [3.8, 4) is 0 Å². The van der Waals surface area contributed by atoms with E-state index in [1.54, 1.807) is 0 Å². The molecule has 3 heteroatoms. The molecule has 2 heterocycles. The molecular weight excluding hydrogens is 236 g/mol. The second-order valence-corrected chi connectivity index (χ2v) is 5.04. The monoisotopic (exact) mass is 256 g/mol. The Morgan fingerprint density at radius 1 is 1.11 bits per heavy atom. The molecule has 0 atom stereocenters.